The summed E-state index contributed by atoms with van der Waals surface area (Å²) in [6.45, 7) is -0.286. The lowest BCUT2D eigenvalue weighted by atomic mass is 10.3. The molecule has 1 aromatic carbocycles. The summed E-state index contributed by atoms with van der Waals surface area (Å²) < 4.78 is 1.86. The molecule has 0 saturated carbocycles. The molecule has 0 unspecified atom stereocenters. The number of hydrogen-bond acceptors (Lipinski definition) is 4. The van der Waals surface area contributed by atoms with Crippen molar-refractivity contribution in [3.63, 3.8) is 0 Å². The molecule has 0 aliphatic rings. The fourth-order valence-corrected chi connectivity index (χ4v) is 2.18. The largest absolute Gasteiger partial charge is 0.324 e. The van der Waals surface area contributed by atoms with Gasteiger partial charge in [-0.1, -0.05) is 12.1 Å². The van der Waals surface area contributed by atoms with Gasteiger partial charge in [-0.2, -0.15) is 0 Å². The van der Waals surface area contributed by atoms with E-state index >= 15 is 0 Å². The molecule has 8 heteroatoms. The van der Waals surface area contributed by atoms with Gasteiger partial charge in [-0.05, 0) is 34.7 Å². The summed E-state index contributed by atoms with van der Waals surface area (Å²) in [7, 11) is 0. The SMILES string of the molecule is O=C(Cn1cc([N+](=O)[O-])ccc1=O)Nc1ccccc1I. The smallest absolute Gasteiger partial charge is 0.285 e. The minimum Gasteiger partial charge on any atom is -0.324 e. The zero-order chi connectivity index (χ0) is 15.4. The van der Waals surface area contributed by atoms with E-state index in [0.717, 1.165) is 26.5 Å². The molecular weight excluding hydrogens is 389 g/mol. The molecule has 1 aromatic heterocycles. The third-order valence-electron chi connectivity index (χ3n) is 2.64. The van der Waals surface area contributed by atoms with Gasteiger partial charge < -0.3 is 5.32 Å². The zero-order valence-corrected chi connectivity index (χ0v) is 12.8. The summed E-state index contributed by atoms with van der Waals surface area (Å²) in [5, 5.41) is 13.3. The van der Waals surface area contributed by atoms with Crippen LogP contribution in [0.5, 0.6) is 0 Å². The van der Waals surface area contributed by atoms with Crippen molar-refractivity contribution in [2.75, 3.05) is 5.32 Å². The molecule has 0 aliphatic carbocycles. The Bertz CT molecular complexity index is 757. The van der Waals surface area contributed by atoms with E-state index in [0.29, 0.717) is 5.69 Å². The van der Waals surface area contributed by atoms with Crippen LogP contribution in [0.3, 0.4) is 0 Å². The molecule has 1 heterocycles. The zero-order valence-electron chi connectivity index (χ0n) is 10.7. The topological polar surface area (TPSA) is 94.2 Å². The molecule has 1 N–H and O–H groups in total. The van der Waals surface area contributed by atoms with Crippen molar-refractivity contribution in [3.8, 4) is 0 Å². The predicted molar refractivity (Wildman–Crippen MR) is 85.1 cm³/mol. The highest BCUT2D eigenvalue weighted by Crippen LogP contribution is 2.16. The minimum absolute atomic E-state index is 0.239. The molecule has 0 saturated heterocycles. The van der Waals surface area contributed by atoms with Crippen molar-refractivity contribution in [3.05, 3.63) is 66.6 Å². The number of pyridine rings is 1. The summed E-state index contributed by atoms with van der Waals surface area (Å²) >= 11 is 2.07. The third-order valence-corrected chi connectivity index (χ3v) is 3.58. The Kier molecular flexibility index (Phi) is 4.68. The Morgan fingerprint density at radius 3 is 2.67 bits per heavy atom. The van der Waals surface area contributed by atoms with Crippen LogP contribution in [0.4, 0.5) is 11.4 Å². The van der Waals surface area contributed by atoms with Crippen LogP contribution in [0.25, 0.3) is 0 Å². The number of anilines is 1. The van der Waals surface area contributed by atoms with Gasteiger partial charge in [0.1, 0.15) is 6.54 Å². The highest BCUT2D eigenvalue weighted by atomic mass is 127. The molecule has 0 spiro atoms. The van der Waals surface area contributed by atoms with E-state index in [1.165, 1.54) is 0 Å². The Morgan fingerprint density at radius 2 is 2.00 bits per heavy atom. The maximum Gasteiger partial charge on any atom is 0.285 e. The van der Waals surface area contributed by atoms with Crippen LogP contribution >= 0.6 is 22.6 Å². The molecule has 1 amide bonds. The van der Waals surface area contributed by atoms with E-state index < -0.39 is 16.4 Å². The molecule has 108 valence electrons. The summed E-state index contributed by atoms with van der Waals surface area (Å²) in [5.74, 6) is -0.429. The molecule has 2 aromatic rings. The van der Waals surface area contributed by atoms with E-state index in [9.17, 15) is 19.7 Å². The number of hydrogen-bond donors (Lipinski definition) is 1. The normalized spacial score (nSPS) is 10.1. The number of nitrogens with one attached hydrogen (secondary N) is 1. The Labute approximate surface area is 132 Å². The molecule has 0 aliphatic heterocycles. The number of carbonyl (C=O) groups is 1. The fourth-order valence-electron chi connectivity index (χ4n) is 1.66. The van der Waals surface area contributed by atoms with Crippen LogP contribution in [0.15, 0.2) is 47.4 Å². The van der Waals surface area contributed by atoms with E-state index in [2.05, 4.69) is 27.9 Å². The van der Waals surface area contributed by atoms with E-state index in [4.69, 9.17) is 0 Å². The first-order valence-corrected chi connectivity index (χ1v) is 6.94. The Morgan fingerprint density at radius 1 is 1.29 bits per heavy atom. The average molecular weight is 399 g/mol. The van der Waals surface area contributed by atoms with Crippen LogP contribution < -0.4 is 10.9 Å². The Hall–Kier alpha value is -2.23. The third kappa shape index (κ3) is 3.88. The van der Waals surface area contributed by atoms with Gasteiger partial charge in [0, 0.05) is 15.7 Å². The highest BCUT2D eigenvalue weighted by Gasteiger charge is 2.11. The Balaban J connectivity index is 2.17. The first kappa shape index (κ1) is 15.2. The molecule has 0 bridgehead atoms. The monoisotopic (exact) mass is 399 g/mol. The van der Waals surface area contributed by atoms with Gasteiger partial charge in [-0.15, -0.1) is 0 Å². The lowest BCUT2D eigenvalue weighted by molar-refractivity contribution is -0.385. The van der Waals surface area contributed by atoms with Crippen molar-refractivity contribution in [2.45, 2.75) is 6.54 Å². The van der Waals surface area contributed by atoms with Crippen LogP contribution in [-0.4, -0.2) is 15.4 Å². The number of nitro groups is 1. The van der Waals surface area contributed by atoms with Gasteiger partial charge in [-0.3, -0.25) is 24.3 Å². The molecule has 0 atom stereocenters. The van der Waals surface area contributed by atoms with E-state index in [1.807, 2.05) is 12.1 Å². The van der Waals surface area contributed by atoms with Crippen molar-refractivity contribution in [2.24, 2.45) is 0 Å². The first-order valence-electron chi connectivity index (χ1n) is 5.86. The highest BCUT2D eigenvalue weighted by molar-refractivity contribution is 14.1. The lowest BCUT2D eigenvalue weighted by Gasteiger charge is -2.08. The van der Waals surface area contributed by atoms with Gasteiger partial charge in [0.2, 0.25) is 5.91 Å². The summed E-state index contributed by atoms with van der Waals surface area (Å²) in [5.41, 5.74) is -0.0863. The maximum absolute atomic E-state index is 11.9. The number of carbonyl (C=O) groups excluding carboxylic acids is 1. The fraction of sp³-hybridized carbons (Fsp3) is 0.0769. The van der Waals surface area contributed by atoms with Crippen LogP contribution in [0.1, 0.15) is 0 Å². The van der Waals surface area contributed by atoms with E-state index in [1.54, 1.807) is 12.1 Å². The lowest BCUT2D eigenvalue weighted by Crippen LogP contribution is -2.27. The van der Waals surface area contributed by atoms with Gasteiger partial charge >= 0.3 is 0 Å². The first-order chi connectivity index (χ1) is 9.97. The summed E-state index contributed by atoms with van der Waals surface area (Å²) in [6.07, 6.45) is 1.05. The second-order valence-corrected chi connectivity index (χ2v) is 5.30. The standard InChI is InChI=1S/C13H10IN3O4/c14-10-3-1-2-4-11(10)15-12(18)8-16-7-9(17(20)21)5-6-13(16)19/h1-7H,8H2,(H,15,18). The second kappa shape index (κ2) is 6.48. The summed E-state index contributed by atoms with van der Waals surface area (Å²) in [4.78, 5) is 33.6. The summed E-state index contributed by atoms with van der Waals surface area (Å²) in [6, 6.07) is 9.35. The van der Waals surface area contributed by atoms with Crippen molar-refractivity contribution >= 4 is 39.9 Å². The predicted octanol–water partition coefficient (Wildman–Crippen LogP) is 2.00. The van der Waals surface area contributed by atoms with Crippen LogP contribution in [0, 0.1) is 13.7 Å². The number of aromatic nitrogens is 1. The molecule has 21 heavy (non-hydrogen) atoms. The van der Waals surface area contributed by atoms with E-state index in [-0.39, 0.29) is 12.2 Å². The van der Waals surface area contributed by atoms with Gasteiger partial charge in [0.15, 0.2) is 0 Å². The van der Waals surface area contributed by atoms with Crippen LogP contribution in [-0.2, 0) is 11.3 Å². The number of para-hydroxylation sites is 1. The number of halogens is 1. The van der Waals surface area contributed by atoms with Crippen LogP contribution in [0.2, 0.25) is 0 Å². The number of amides is 1. The second-order valence-electron chi connectivity index (χ2n) is 4.14. The minimum atomic E-state index is -0.617. The molecule has 2 rings (SSSR count). The van der Waals surface area contributed by atoms with Gasteiger partial charge in [-0.25, -0.2) is 0 Å². The molecule has 0 radical (unpaired) electrons. The van der Waals surface area contributed by atoms with Crippen molar-refractivity contribution in [1.82, 2.24) is 4.57 Å². The van der Waals surface area contributed by atoms with Gasteiger partial charge in [0.05, 0.1) is 16.8 Å². The molecule has 7 nitrogen and oxygen atoms in total. The molecule has 0 fully saturated rings. The quantitative estimate of drug-likeness (QED) is 0.484. The van der Waals surface area contributed by atoms with Crippen molar-refractivity contribution < 1.29 is 9.72 Å². The molecular formula is C13H10IN3O4. The van der Waals surface area contributed by atoms with Gasteiger partial charge in [0.25, 0.3) is 11.2 Å². The number of nitrogens with zero attached hydrogens (tertiary/aromatic N) is 2. The average Bonchev–Trinajstić information content (AvgIpc) is 2.43. The number of rotatable bonds is 4. The number of benzene rings is 1. The van der Waals surface area contributed by atoms with Crippen molar-refractivity contribution in [1.29, 1.82) is 0 Å². The maximum atomic E-state index is 11.9.